The highest BCUT2D eigenvalue weighted by Crippen LogP contribution is 2.45. The molecule has 2 aromatic carbocycles. The van der Waals surface area contributed by atoms with Crippen LogP contribution < -0.4 is 10.1 Å². The van der Waals surface area contributed by atoms with Gasteiger partial charge in [-0.15, -0.1) is 11.3 Å². The van der Waals surface area contributed by atoms with E-state index >= 15 is 0 Å². The first-order valence-electron chi connectivity index (χ1n) is 11.9. The number of ether oxygens (including phenoxy) is 1. The van der Waals surface area contributed by atoms with E-state index in [1.807, 2.05) is 24.4 Å². The second-order valence-electron chi connectivity index (χ2n) is 8.73. The molecule has 0 fully saturated rings. The van der Waals surface area contributed by atoms with Gasteiger partial charge in [0.1, 0.15) is 35.1 Å². The molecular weight excluding hydrogens is 497 g/mol. The number of benzene rings is 2. The molecule has 6 nitrogen and oxygen atoms in total. The highest BCUT2D eigenvalue weighted by atomic mass is 35.5. The lowest BCUT2D eigenvalue weighted by atomic mass is 9.95. The van der Waals surface area contributed by atoms with E-state index in [0.717, 1.165) is 53.1 Å². The van der Waals surface area contributed by atoms with Gasteiger partial charge >= 0.3 is 0 Å². The number of aryl methyl sites for hydroxylation is 2. The van der Waals surface area contributed by atoms with Gasteiger partial charge in [-0.2, -0.15) is 5.10 Å². The molecule has 3 aromatic heterocycles. The predicted molar refractivity (Wildman–Crippen MR) is 142 cm³/mol. The summed E-state index contributed by atoms with van der Waals surface area (Å²) in [7, 11) is 0. The minimum Gasteiger partial charge on any atom is -0.487 e. The quantitative estimate of drug-likeness (QED) is 0.247. The van der Waals surface area contributed by atoms with Crippen LogP contribution in [0.4, 0.5) is 15.9 Å². The molecule has 0 aliphatic heterocycles. The number of fused-ring (bicyclic) bond motifs is 5. The fraction of sp³-hybridized carbons (Fsp3) is 0.222. The molecule has 0 saturated carbocycles. The summed E-state index contributed by atoms with van der Waals surface area (Å²) in [6.45, 7) is 3.34. The van der Waals surface area contributed by atoms with Gasteiger partial charge in [0.05, 0.1) is 16.6 Å². The Hall–Kier alpha value is -3.49. The van der Waals surface area contributed by atoms with Crippen molar-refractivity contribution in [2.24, 2.45) is 0 Å². The van der Waals surface area contributed by atoms with Crippen LogP contribution in [0.25, 0.3) is 20.7 Å². The number of nitrogens with one attached hydrogen (secondary N) is 1. The van der Waals surface area contributed by atoms with E-state index in [0.29, 0.717) is 10.8 Å². The number of aromatic nitrogens is 4. The molecule has 6 rings (SSSR count). The van der Waals surface area contributed by atoms with Crippen molar-refractivity contribution in [2.45, 2.75) is 39.3 Å². The normalized spacial score (nSPS) is 12.4. The van der Waals surface area contributed by atoms with Crippen LogP contribution in [-0.4, -0.2) is 19.7 Å². The van der Waals surface area contributed by atoms with Crippen LogP contribution in [0.3, 0.4) is 0 Å². The number of rotatable bonds is 7. The van der Waals surface area contributed by atoms with Gasteiger partial charge in [-0.1, -0.05) is 30.7 Å². The van der Waals surface area contributed by atoms with Crippen LogP contribution in [-0.2, 0) is 26.0 Å². The van der Waals surface area contributed by atoms with Gasteiger partial charge in [-0.25, -0.2) is 14.4 Å². The number of thiophene rings is 1. The Kier molecular flexibility index (Phi) is 6.07. The monoisotopic (exact) mass is 519 g/mol. The average Bonchev–Trinajstić information content (AvgIpc) is 3.46. The molecule has 0 unspecified atom stereocenters. The Morgan fingerprint density at radius 3 is 2.92 bits per heavy atom. The van der Waals surface area contributed by atoms with Crippen molar-refractivity contribution >= 4 is 44.7 Å². The van der Waals surface area contributed by atoms with Crippen LogP contribution >= 0.6 is 22.9 Å². The maximum absolute atomic E-state index is 13.4. The molecule has 182 valence electrons. The second-order valence-corrected chi connectivity index (χ2v) is 10.1. The maximum Gasteiger partial charge on any atom is 0.142 e. The lowest BCUT2D eigenvalue weighted by Gasteiger charge is -2.16. The zero-order valence-corrected chi connectivity index (χ0v) is 21.2. The third kappa shape index (κ3) is 4.20. The van der Waals surface area contributed by atoms with Crippen LogP contribution in [0.5, 0.6) is 5.75 Å². The topological polar surface area (TPSA) is 64.9 Å². The zero-order chi connectivity index (χ0) is 24.6. The molecule has 0 saturated heterocycles. The predicted octanol–water partition coefficient (Wildman–Crippen LogP) is 7.18. The molecule has 0 atom stereocenters. The summed E-state index contributed by atoms with van der Waals surface area (Å²) < 4.78 is 21.4. The fourth-order valence-corrected chi connectivity index (χ4v) is 6.13. The van der Waals surface area contributed by atoms with Crippen LogP contribution in [0.2, 0.25) is 5.02 Å². The SMILES string of the molecule is CCCn1ncc2c1CCc1c-2sc2ncnc(Nc3ccc(OCc4cccc(F)c4)c(Cl)c3)c12. The van der Waals surface area contributed by atoms with E-state index in [1.54, 1.807) is 29.8 Å². The highest BCUT2D eigenvalue weighted by molar-refractivity contribution is 7.22. The molecule has 0 spiro atoms. The molecule has 3 heterocycles. The smallest absolute Gasteiger partial charge is 0.142 e. The number of halogens is 2. The summed E-state index contributed by atoms with van der Waals surface area (Å²) in [5, 5.41) is 9.57. The second kappa shape index (κ2) is 9.52. The van der Waals surface area contributed by atoms with Crippen molar-refractivity contribution in [3.63, 3.8) is 0 Å². The fourth-order valence-electron chi connectivity index (χ4n) is 4.67. The molecule has 0 bridgehead atoms. The maximum atomic E-state index is 13.4. The summed E-state index contributed by atoms with van der Waals surface area (Å²) in [5.41, 5.74) is 5.32. The number of anilines is 2. The Morgan fingerprint density at radius 2 is 2.08 bits per heavy atom. The third-order valence-electron chi connectivity index (χ3n) is 6.31. The first-order valence-corrected chi connectivity index (χ1v) is 13.1. The Labute approximate surface area is 216 Å². The van der Waals surface area contributed by atoms with E-state index in [1.165, 1.54) is 33.8 Å². The van der Waals surface area contributed by atoms with Gasteiger partial charge in [0.2, 0.25) is 0 Å². The third-order valence-corrected chi connectivity index (χ3v) is 7.77. The molecule has 5 aromatic rings. The van der Waals surface area contributed by atoms with Crippen molar-refractivity contribution in [2.75, 3.05) is 5.32 Å². The first kappa shape index (κ1) is 22.9. The average molecular weight is 520 g/mol. The summed E-state index contributed by atoms with van der Waals surface area (Å²) >= 11 is 8.20. The van der Waals surface area contributed by atoms with Gasteiger partial charge in [0.25, 0.3) is 0 Å². The lowest BCUT2D eigenvalue weighted by Crippen LogP contribution is -2.09. The molecule has 9 heteroatoms. The summed E-state index contributed by atoms with van der Waals surface area (Å²) in [6, 6.07) is 11.8. The van der Waals surface area contributed by atoms with Crippen molar-refractivity contribution in [1.82, 2.24) is 19.7 Å². The molecule has 1 aliphatic rings. The van der Waals surface area contributed by atoms with E-state index in [4.69, 9.17) is 16.3 Å². The Bertz CT molecular complexity index is 1580. The van der Waals surface area contributed by atoms with Gasteiger partial charge in [0, 0.05) is 28.4 Å². The van der Waals surface area contributed by atoms with E-state index < -0.39 is 0 Å². The number of nitrogens with zero attached hydrogens (tertiary/aromatic N) is 4. The minimum atomic E-state index is -0.292. The summed E-state index contributed by atoms with van der Waals surface area (Å²) in [4.78, 5) is 11.3. The molecule has 1 N–H and O–H groups in total. The molecule has 36 heavy (non-hydrogen) atoms. The van der Waals surface area contributed by atoms with Crippen molar-refractivity contribution in [3.8, 4) is 16.2 Å². The highest BCUT2D eigenvalue weighted by Gasteiger charge is 2.26. The van der Waals surface area contributed by atoms with E-state index in [-0.39, 0.29) is 12.4 Å². The summed E-state index contributed by atoms with van der Waals surface area (Å²) in [6.07, 6.45) is 6.51. The molecular formula is C27H23ClFN5OS. The van der Waals surface area contributed by atoms with Crippen molar-refractivity contribution < 1.29 is 9.13 Å². The molecule has 0 radical (unpaired) electrons. The van der Waals surface area contributed by atoms with Crippen molar-refractivity contribution in [3.05, 3.63) is 82.6 Å². The van der Waals surface area contributed by atoms with E-state index in [9.17, 15) is 4.39 Å². The minimum absolute atomic E-state index is 0.231. The summed E-state index contributed by atoms with van der Waals surface area (Å²) in [5.74, 6) is 0.995. The first-order chi connectivity index (χ1) is 17.6. The Balaban J connectivity index is 1.27. The largest absolute Gasteiger partial charge is 0.487 e. The van der Waals surface area contributed by atoms with Crippen LogP contribution in [0.1, 0.15) is 30.2 Å². The van der Waals surface area contributed by atoms with Gasteiger partial charge < -0.3 is 10.1 Å². The van der Waals surface area contributed by atoms with E-state index in [2.05, 4.69) is 32.0 Å². The van der Waals surface area contributed by atoms with Crippen molar-refractivity contribution in [1.29, 1.82) is 0 Å². The molecule has 1 aliphatic carbocycles. The number of hydrogen-bond donors (Lipinski definition) is 1. The lowest BCUT2D eigenvalue weighted by molar-refractivity contribution is 0.306. The van der Waals surface area contributed by atoms with Crippen LogP contribution in [0, 0.1) is 5.82 Å². The standard InChI is InChI=1S/C27H23ClFN5OS/c1-2-10-34-22-8-7-19-24-26(30-15-31-27(24)36-25(19)20(22)13-32-34)33-18-6-9-23(21(28)12-18)35-14-16-4-3-5-17(29)11-16/h3-6,9,11-13,15H,2,7-8,10,14H2,1H3,(H,30,31,33). The van der Waals surface area contributed by atoms with Gasteiger partial charge in [-0.3, -0.25) is 4.68 Å². The van der Waals surface area contributed by atoms with Gasteiger partial charge in [0.15, 0.2) is 0 Å². The molecule has 0 amide bonds. The zero-order valence-electron chi connectivity index (χ0n) is 19.6. The van der Waals surface area contributed by atoms with Gasteiger partial charge in [-0.05, 0) is 60.7 Å². The number of hydrogen-bond acceptors (Lipinski definition) is 6. The Morgan fingerprint density at radius 1 is 1.17 bits per heavy atom. The van der Waals surface area contributed by atoms with Crippen LogP contribution in [0.15, 0.2) is 55.0 Å².